The van der Waals surface area contributed by atoms with E-state index in [4.69, 9.17) is 4.74 Å². The maximum Gasteiger partial charge on any atom is 0.248 e. The number of pyridine rings is 1. The summed E-state index contributed by atoms with van der Waals surface area (Å²) in [4.78, 5) is 19.1. The van der Waals surface area contributed by atoms with Crippen LogP contribution in [0, 0.1) is 6.92 Å². The lowest BCUT2D eigenvalue weighted by Gasteiger charge is -2.09. The molecule has 0 bridgehead atoms. The third kappa shape index (κ3) is 2.76. The Morgan fingerprint density at radius 2 is 2.24 bits per heavy atom. The third-order valence-electron chi connectivity index (χ3n) is 3.67. The quantitative estimate of drug-likeness (QED) is 0.938. The van der Waals surface area contributed by atoms with Crippen molar-refractivity contribution < 1.29 is 4.74 Å². The van der Waals surface area contributed by atoms with Crippen molar-refractivity contribution >= 4 is 0 Å². The number of aryl methyl sites for hydroxylation is 1. The predicted octanol–water partition coefficient (Wildman–Crippen LogP) is 2.03. The van der Waals surface area contributed by atoms with Crippen LogP contribution < -0.4 is 5.56 Å². The van der Waals surface area contributed by atoms with Crippen LogP contribution in [0.4, 0.5) is 0 Å². The molecule has 0 saturated carbocycles. The number of nitrogens with zero attached hydrogens (tertiary/aromatic N) is 3. The molecule has 2 aromatic heterocycles. The molecule has 0 spiro atoms. The van der Waals surface area contributed by atoms with E-state index in [2.05, 4.69) is 28.9 Å². The van der Waals surface area contributed by atoms with E-state index in [0.717, 1.165) is 35.9 Å². The average molecular weight is 288 g/mol. The van der Waals surface area contributed by atoms with Crippen LogP contribution in [-0.4, -0.2) is 33.0 Å². The topological polar surface area (TPSA) is 72.8 Å². The molecular weight excluding hydrogens is 268 g/mol. The van der Waals surface area contributed by atoms with Gasteiger partial charge < -0.3 is 9.72 Å². The van der Waals surface area contributed by atoms with Gasteiger partial charge in [0.15, 0.2) is 11.6 Å². The molecule has 0 aromatic carbocycles. The summed E-state index contributed by atoms with van der Waals surface area (Å²) in [5.74, 6) is 1.82. The molecule has 1 atom stereocenters. The van der Waals surface area contributed by atoms with E-state index in [1.165, 1.54) is 0 Å². The Balaban J connectivity index is 2.09. The lowest BCUT2D eigenvalue weighted by atomic mass is 10.1. The molecule has 0 unspecified atom stereocenters. The van der Waals surface area contributed by atoms with Crippen molar-refractivity contribution in [2.45, 2.75) is 39.2 Å². The van der Waals surface area contributed by atoms with Crippen LogP contribution in [0.2, 0.25) is 0 Å². The Kier molecular flexibility index (Phi) is 3.63. The minimum absolute atomic E-state index is 0.117. The first-order valence-corrected chi connectivity index (χ1v) is 7.30. The van der Waals surface area contributed by atoms with Crippen molar-refractivity contribution in [1.82, 2.24) is 19.7 Å². The van der Waals surface area contributed by atoms with Gasteiger partial charge in [0.05, 0.1) is 6.61 Å². The van der Waals surface area contributed by atoms with E-state index in [-0.39, 0.29) is 17.5 Å². The average Bonchev–Trinajstić information content (AvgIpc) is 3.06. The first-order chi connectivity index (χ1) is 10.0. The summed E-state index contributed by atoms with van der Waals surface area (Å²) in [7, 11) is 0. The van der Waals surface area contributed by atoms with Crippen LogP contribution in [0.25, 0.3) is 11.4 Å². The number of rotatable bonds is 3. The SMILES string of the molecule is Cc1cc(-c2nc([C@@H]3CCOC3)nn2C(C)C)cc(=O)[nH]1. The molecule has 1 fully saturated rings. The molecule has 112 valence electrons. The Morgan fingerprint density at radius 3 is 2.86 bits per heavy atom. The molecule has 3 heterocycles. The zero-order valence-corrected chi connectivity index (χ0v) is 12.6. The van der Waals surface area contributed by atoms with Gasteiger partial charge in [-0.05, 0) is 33.3 Å². The Morgan fingerprint density at radius 1 is 1.43 bits per heavy atom. The first-order valence-electron chi connectivity index (χ1n) is 7.30. The van der Waals surface area contributed by atoms with Gasteiger partial charge in [-0.2, -0.15) is 5.10 Å². The molecule has 3 rings (SSSR count). The highest BCUT2D eigenvalue weighted by Gasteiger charge is 2.24. The van der Waals surface area contributed by atoms with Gasteiger partial charge in [-0.25, -0.2) is 9.67 Å². The van der Waals surface area contributed by atoms with Gasteiger partial charge in [-0.15, -0.1) is 0 Å². The van der Waals surface area contributed by atoms with Crippen LogP contribution in [0.1, 0.15) is 43.7 Å². The summed E-state index contributed by atoms with van der Waals surface area (Å²) >= 11 is 0. The number of hydrogen-bond donors (Lipinski definition) is 1. The monoisotopic (exact) mass is 288 g/mol. The Bertz CT molecular complexity index is 696. The Labute approximate surface area is 123 Å². The minimum Gasteiger partial charge on any atom is -0.381 e. The normalized spacial score (nSPS) is 18.6. The van der Waals surface area contributed by atoms with Crippen LogP contribution in [0.15, 0.2) is 16.9 Å². The van der Waals surface area contributed by atoms with Crippen LogP contribution in [-0.2, 0) is 4.74 Å². The molecule has 0 amide bonds. The van der Waals surface area contributed by atoms with Gasteiger partial charge in [-0.1, -0.05) is 0 Å². The van der Waals surface area contributed by atoms with Crippen molar-refractivity contribution in [3.8, 4) is 11.4 Å². The number of aromatic amines is 1. The molecule has 6 nitrogen and oxygen atoms in total. The van der Waals surface area contributed by atoms with Crippen molar-refractivity contribution in [2.24, 2.45) is 0 Å². The van der Waals surface area contributed by atoms with Crippen LogP contribution in [0.5, 0.6) is 0 Å². The fourth-order valence-electron chi connectivity index (χ4n) is 2.62. The van der Waals surface area contributed by atoms with E-state index in [1.54, 1.807) is 6.07 Å². The van der Waals surface area contributed by atoms with E-state index in [9.17, 15) is 4.79 Å². The zero-order chi connectivity index (χ0) is 15.0. The molecule has 21 heavy (non-hydrogen) atoms. The van der Waals surface area contributed by atoms with Crippen LogP contribution in [0.3, 0.4) is 0 Å². The highest BCUT2D eigenvalue weighted by atomic mass is 16.5. The lowest BCUT2D eigenvalue weighted by molar-refractivity contribution is 0.193. The largest absolute Gasteiger partial charge is 0.381 e. The Hall–Kier alpha value is -1.95. The molecule has 2 aromatic rings. The summed E-state index contributed by atoms with van der Waals surface area (Å²) in [6, 6.07) is 3.69. The van der Waals surface area contributed by atoms with Gasteiger partial charge in [0, 0.05) is 35.9 Å². The van der Waals surface area contributed by atoms with Crippen molar-refractivity contribution in [1.29, 1.82) is 0 Å². The van der Waals surface area contributed by atoms with Crippen molar-refractivity contribution in [3.05, 3.63) is 34.0 Å². The highest BCUT2D eigenvalue weighted by molar-refractivity contribution is 5.55. The summed E-state index contributed by atoms with van der Waals surface area (Å²) in [6.45, 7) is 7.43. The number of ether oxygens (including phenoxy) is 1. The smallest absolute Gasteiger partial charge is 0.248 e. The van der Waals surface area contributed by atoms with Crippen LogP contribution >= 0.6 is 0 Å². The fourth-order valence-corrected chi connectivity index (χ4v) is 2.62. The number of nitrogens with one attached hydrogen (secondary N) is 1. The van der Waals surface area contributed by atoms with E-state index < -0.39 is 0 Å². The van der Waals surface area contributed by atoms with Gasteiger partial charge in [-0.3, -0.25) is 4.79 Å². The molecule has 0 radical (unpaired) electrons. The van der Waals surface area contributed by atoms with Gasteiger partial charge in [0.1, 0.15) is 0 Å². The molecule has 1 N–H and O–H groups in total. The number of aromatic nitrogens is 4. The molecule has 1 aliphatic rings. The second kappa shape index (κ2) is 5.44. The summed E-state index contributed by atoms with van der Waals surface area (Å²) in [5.41, 5.74) is 1.51. The maximum absolute atomic E-state index is 11.7. The van der Waals surface area contributed by atoms with E-state index in [1.807, 2.05) is 17.7 Å². The third-order valence-corrected chi connectivity index (χ3v) is 3.67. The maximum atomic E-state index is 11.7. The second-order valence-electron chi connectivity index (χ2n) is 5.81. The molecule has 6 heteroatoms. The number of H-pyrrole nitrogens is 1. The standard InChI is InChI=1S/C15H20N4O2/c1-9(2)19-15(12-6-10(3)16-13(20)7-12)17-14(18-19)11-4-5-21-8-11/h6-7,9,11H,4-5,8H2,1-3H3,(H,16,20)/t11-/m1/s1. The summed E-state index contributed by atoms with van der Waals surface area (Å²) in [5, 5.41) is 4.64. The van der Waals surface area contributed by atoms with Gasteiger partial charge >= 0.3 is 0 Å². The minimum atomic E-state index is -0.117. The van der Waals surface area contributed by atoms with E-state index in [0.29, 0.717) is 6.61 Å². The fraction of sp³-hybridized carbons (Fsp3) is 0.533. The lowest BCUT2D eigenvalue weighted by Crippen LogP contribution is -2.10. The van der Waals surface area contributed by atoms with E-state index >= 15 is 0 Å². The van der Waals surface area contributed by atoms with Crippen molar-refractivity contribution in [3.63, 3.8) is 0 Å². The zero-order valence-electron chi connectivity index (χ0n) is 12.6. The summed E-state index contributed by atoms with van der Waals surface area (Å²) in [6.07, 6.45) is 0.954. The molecule has 1 saturated heterocycles. The number of hydrogen-bond acceptors (Lipinski definition) is 4. The van der Waals surface area contributed by atoms with Crippen molar-refractivity contribution in [2.75, 3.05) is 13.2 Å². The first kappa shape index (κ1) is 14.0. The van der Waals surface area contributed by atoms with Gasteiger partial charge in [0.25, 0.3) is 0 Å². The highest BCUT2D eigenvalue weighted by Crippen LogP contribution is 2.27. The molecular formula is C15H20N4O2. The molecule has 0 aliphatic carbocycles. The molecule has 1 aliphatic heterocycles. The predicted molar refractivity (Wildman–Crippen MR) is 79.4 cm³/mol. The summed E-state index contributed by atoms with van der Waals surface area (Å²) < 4.78 is 7.31. The van der Waals surface area contributed by atoms with Gasteiger partial charge in [0.2, 0.25) is 5.56 Å². The second-order valence-corrected chi connectivity index (χ2v) is 5.81.